The van der Waals surface area contributed by atoms with Gasteiger partial charge in [-0.05, 0) is 126 Å². The highest BCUT2D eigenvalue weighted by atomic mass is 16.3. The summed E-state index contributed by atoms with van der Waals surface area (Å²) in [5.74, 6) is 0. The van der Waals surface area contributed by atoms with Crippen molar-refractivity contribution >= 4 is 60.5 Å². The minimum absolute atomic E-state index is 0.904. The predicted molar refractivity (Wildman–Crippen MR) is 271 cm³/mol. The Hall–Kier alpha value is -8.46. The lowest BCUT2D eigenvalue weighted by atomic mass is 9.94. The summed E-state index contributed by atoms with van der Waals surface area (Å²) in [5, 5.41) is 7.28. The van der Waals surface area contributed by atoms with E-state index in [4.69, 9.17) is 4.42 Å². The average Bonchev–Trinajstić information content (AvgIpc) is 3.76. The van der Waals surface area contributed by atoms with Gasteiger partial charge < -0.3 is 9.32 Å². The molecule has 300 valence electrons. The molecule has 12 aromatic rings. The van der Waals surface area contributed by atoms with E-state index in [2.05, 4.69) is 241 Å². The van der Waals surface area contributed by atoms with Gasteiger partial charge in [0.25, 0.3) is 0 Å². The third-order valence-corrected chi connectivity index (χ3v) is 12.7. The standard InChI is InChI=1S/C62H41NO/c1-2-12-49-40-51(27-26-42(49)10-1)46-30-36-54(37-31-46)63(55-38-32-48(33-39-55)58-19-9-20-60-59-17-5-6-21-61(59)64-62(58)60)53-34-28-44(29-35-53)43-22-24-45(25-23-43)50-14-7-15-52(41-50)57-18-8-13-47-11-3-4-16-56(47)57/h1-41H. The Morgan fingerprint density at radius 1 is 0.250 bits per heavy atom. The summed E-state index contributed by atoms with van der Waals surface area (Å²) >= 11 is 0. The minimum Gasteiger partial charge on any atom is -0.455 e. The maximum Gasteiger partial charge on any atom is 0.143 e. The number of furan rings is 1. The Morgan fingerprint density at radius 3 is 1.41 bits per heavy atom. The lowest BCUT2D eigenvalue weighted by Crippen LogP contribution is -2.09. The largest absolute Gasteiger partial charge is 0.455 e. The molecule has 0 bridgehead atoms. The first-order valence-electron chi connectivity index (χ1n) is 21.9. The molecular weight excluding hydrogens is 775 g/mol. The molecule has 2 nitrogen and oxygen atoms in total. The Balaban J connectivity index is 0.869. The Labute approximate surface area is 372 Å². The molecule has 0 unspecified atom stereocenters. The van der Waals surface area contributed by atoms with Crippen molar-refractivity contribution in [2.24, 2.45) is 0 Å². The first kappa shape index (κ1) is 37.3. The quantitative estimate of drug-likeness (QED) is 0.152. The van der Waals surface area contributed by atoms with Gasteiger partial charge in [-0.3, -0.25) is 0 Å². The van der Waals surface area contributed by atoms with Crippen molar-refractivity contribution in [3.8, 4) is 55.6 Å². The summed E-state index contributed by atoms with van der Waals surface area (Å²) < 4.78 is 6.43. The molecule has 11 aromatic carbocycles. The second kappa shape index (κ2) is 15.8. The molecule has 0 saturated heterocycles. The molecule has 0 amide bonds. The molecule has 0 spiro atoms. The Bertz CT molecular complexity index is 3630. The van der Waals surface area contributed by atoms with Crippen LogP contribution < -0.4 is 4.90 Å². The molecule has 1 heterocycles. The van der Waals surface area contributed by atoms with E-state index in [1.807, 2.05) is 12.1 Å². The van der Waals surface area contributed by atoms with Crippen LogP contribution in [-0.2, 0) is 0 Å². The van der Waals surface area contributed by atoms with Crippen LogP contribution in [0.25, 0.3) is 99.1 Å². The molecule has 0 aliphatic rings. The maximum absolute atomic E-state index is 6.43. The number of anilines is 3. The number of nitrogens with zero attached hydrogens (tertiary/aromatic N) is 1. The summed E-state index contributed by atoms with van der Waals surface area (Å²) in [6.45, 7) is 0. The SMILES string of the molecule is c1cc(-c2ccc(-c3ccc(N(c4ccc(-c5ccc6ccccc6c5)cc4)c4ccc(-c5cccc6c5oc5ccccc56)cc4)cc3)cc2)cc(-c2cccc3ccccc23)c1. The fourth-order valence-electron chi connectivity index (χ4n) is 9.39. The van der Waals surface area contributed by atoms with Gasteiger partial charge in [0.05, 0.1) is 0 Å². The second-order valence-corrected chi connectivity index (χ2v) is 16.5. The van der Waals surface area contributed by atoms with Crippen LogP contribution in [0.3, 0.4) is 0 Å². The molecule has 1 aromatic heterocycles. The van der Waals surface area contributed by atoms with Crippen LogP contribution in [0, 0.1) is 0 Å². The van der Waals surface area contributed by atoms with Gasteiger partial charge in [-0.15, -0.1) is 0 Å². The van der Waals surface area contributed by atoms with Crippen molar-refractivity contribution in [1.29, 1.82) is 0 Å². The first-order chi connectivity index (χ1) is 31.7. The number of fused-ring (bicyclic) bond motifs is 5. The summed E-state index contributed by atoms with van der Waals surface area (Å²) in [6.07, 6.45) is 0. The van der Waals surface area contributed by atoms with Gasteiger partial charge in [-0.25, -0.2) is 0 Å². The molecule has 2 heteroatoms. The zero-order valence-corrected chi connectivity index (χ0v) is 35.0. The van der Waals surface area contributed by atoms with Gasteiger partial charge in [0.1, 0.15) is 11.2 Å². The number of hydrogen-bond acceptors (Lipinski definition) is 2. The fraction of sp³-hybridized carbons (Fsp3) is 0. The molecule has 0 fully saturated rings. The lowest BCUT2D eigenvalue weighted by molar-refractivity contribution is 0.670. The van der Waals surface area contributed by atoms with Crippen LogP contribution in [0.4, 0.5) is 17.1 Å². The Morgan fingerprint density at radius 2 is 0.703 bits per heavy atom. The van der Waals surface area contributed by atoms with E-state index in [1.165, 1.54) is 66.1 Å². The number of benzene rings is 11. The van der Waals surface area contributed by atoms with Crippen molar-refractivity contribution in [2.75, 3.05) is 4.90 Å². The molecule has 64 heavy (non-hydrogen) atoms. The van der Waals surface area contributed by atoms with Crippen molar-refractivity contribution in [2.45, 2.75) is 0 Å². The van der Waals surface area contributed by atoms with Gasteiger partial charge in [0, 0.05) is 33.4 Å². The zero-order chi connectivity index (χ0) is 42.4. The number of para-hydroxylation sites is 2. The molecule has 0 saturated carbocycles. The summed E-state index contributed by atoms with van der Waals surface area (Å²) in [4.78, 5) is 2.34. The molecule has 0 N–H and O–H groups in total. The van der Waals surface area contributed by atoms with Crippen molar-refractivity contribution < 1.29 is 4.42 Å². The highest BCUT2D eigenvalue weighted by Crippen LogP contribution is 2.41. The molecule has 12 rings (SSSR count). The van der Waals surface area contributed by atoms with Gasteiger partial charge in [-0.2, -0.15) is 0 Å². The smallest absolute Gasteiger partial charge is 0.143 e. The van der Waals surface area contributed by atoms with E-state index in [9.17, 15) is 0 Å². The van der Waals surface area contributed by atoms with Crippen molar-refractivity contribution in [3.05, 3.63) is 249 Å². The van der Waals surface area contributed by atoms with Crippen molar-refractivity contribution in [3.63, 3.8) is 0 Å². The topological polar surface area (TPSA) is 16.4 Å². The predicted octanol–water partition coefficient (Wildman–Crippen LogP) is 17.7. The molecular formula is C62H41NO. The number of hydrogen-bond donors (Lipinski definition) is 0. The van der Waals surface area contributed by atoms with Crippen LogP contribution in [0.1, 0.15) is 0 Å². The van der Waals surface area contributed by atoms with E-state index in [-0.39, 0.29) is 0 Å². The molecule has 0 aliphatic heterocycles. The van der Waals surface area contributed by atoms with E-state index in [0.29, 0.717) is 0 Å². The Kier molecular flexibility index (Phi) is 9.20. The highest BCUT2D eigenvalue weighted by molar-refractivity contribution is 6.09. The van der Waals surface area contributed by atoms with E-state index in [1.54, 1.807) is 0 Å². The van der Waals surface area contributed by atoms with Crippen LogP contribution in [0.5, 0.6) is 0 Å². The third-order valence-electron chi connectivity index (χ3n) is 12.7. The highest BCUT2D eigenvalue weighted by Gasteiger charge is 2.16. The number of rotatable bonds is 8. The first-order valence-corrected chi connectivity index (χ1v) is 21.9. The van der Waals surface area contributed by atoms with E-state index in [0.717, 1.165) is 50.1 Å². The minimum atomic E-state index is 0.904. The van der Waals surface area contributed by atoms with Crippen LogP contribution in [0.15, 0.2) is 253 Å². The van der Waals surface area contributed by atoms with Gasteiger partial charge in [-0.1, -0.05) is 194 Å². The van der Waals surface area contributed by atoms with Gasteiger partial charge in [0.2, 0.25) is 0 Å². The zero-order valence-electron chi connectivity index (χ0n) is 35.0. The summed E-state index contributed by atoms with van der Waals surface area (Å²) in [7, 11) is 0. The monoisotopic (exact) mass is 815 g/mol. The van der Waals surface area contributed by atoms with Gasteiger partial charge in [0.15, 0.2) is 0 Å². The molecule has 0 aliphatic carbocycles. The average molecular weight is 816 g/mol. The van der Waals surface area contributed by atoms with E-state index < -0.39 is 0 Å². The third kappa shape index (κ3) is 6.79. The van der Waals surface area contributed by atoms with Crippen molar-refractivity contribution in [1.82, 2.24) is 0 Å². The normalized spacial score (nSPS) is 11.4. The molecule has 0 radical (unpaired) electrons. The van der Waals surface area contributed by atoms with Crippen LogP contribution in [-0.4, -0.2) is 0 Å². The van der Waals surface area contributed by atoms with Crippen LogP contribution >= 0.6 is 0 Å². The molecule has 0 atom stereocenters. The lowest BCUT2D eigenvalue weighted by Gasteiger charge is -2.26. The summed E-state index contributed by atoms with van der Waals surface area (Å²) in [6, 6.07) is 89.6. The van der Waals surface area contributed by atoms with Gasteiger partial charge >= 0.3 is 0 Å². The van der Waals surface area contributed by atoms with Crippen LogP contribution in [0.2, 0.25) is 0 Å². The summed E-state index contributed by atoms with van der Waals surface area (Å²) in [5.41, 5.74) is 16.8. The fourth-order valence-corrected chi connectivity index (χ4v) is 9.39. The van der Waals surface area contributed by atoms with E-state index >= 15 is 0 Å². The second-order valence-electron chi connectivity index (χ2n) is 16.5. The maximum atomic E-state index is 6.43.